The van der Waals surface area contributed by atoms with E-state index in [1.165, 1.54) is 18.3 Å². The number of amides is 2. The summed E-state index contributed by atoms with van der Waals surface area (Å²) in [5, 5.41) is 15.9. The predicted molar refractivity (Wildman–Crippen MR) is 119 cm³/mol. The standard InChI is InChI=1S/C23H18BrN3O5/c24-18-9-14(3-8-19(18)32-12-13-1-6-17(7-2-13)27(30)31)11-25-26-22(28)20-15-4-5-16(10-15)21(20)23(26)29/h1-9,11,15-16,20-21H,10,12H2/b25-11-/t15-,16-,20-,21+/m0/s1. The maximum absolute atomic E-state index is 12.7. The van der Waals surface area contributed by atoms with Crippen LogP contribution < -0.4 is 4.74 Å². The van der Waals surface area contributed by atoms with E-state index in [2.05, 4.69) is 33.2 Å². The number of nitro benzene ring substituents is 1. The van der Waals surface area contributed by atoms with E-state index in [0.717, 1.165) is 17.0 Å². The van der Waals surface area contributed by atoms with Gasteiger partial charge in [0.15, 0.2) is 0 Å². The third-order valence-electron chi connectivity index (χ3n) is 6.27. The van der Waals surface area contributed by atoms with E-state index in [-0.39, 0.29) is 47.8 Å². The number of nitro groups is 1. The number of hydrogen-bond acceptors (Lipinski definition) is 6. The number of carbonyl (C=O) groups excluding carboxylic acids is 2. The van der Waals surface area contributed by atoms with Crippen molar-refractivity contribution in [3.8, 4) is 5.75 Å². The van der Waals surface area contributed by atoms with Crippen molar-refractivity contribution in [1.82, 2.24) is 5.01 Å². The van der Waals surface area contributed by atoms with Crippen LogP contribution in [0.2, 0.25) is 0 Å². The van der Waals surface area contributed by atoms with E-state index >= 15 is 0 Å². The molecule has 2 aromatic rings. The van der Waals surface area contributed by atoms with E-state index in [0.29, 0.717) is 15.8 Å². The highest BCUT2D eigenvalue weighted by Gasteiger charge is 2.59. The number of rotatable bonds is 6. The first kappa shape index (κ1) is 20.6. The fourth-order valence-electron chi connectivity index (χ4n) is 4.71. The average Bonchev–Trinajstić information content (AvgIpc) is 3.46. The van der Waals surface area contributed by atoms with Crippen LogP contribution in [-0.2, 0) is 16.2 Å². The van der Waals surface area contributed by atoms with Crippen LogP contribution in [-0.4, -0.2) is 28.0 Å². The zero-order chi connectivity index (χ0) is 22.4. The van der Waals surface area contributed by atoms with Crippen LogP contribution in [0.1, 0.15) is 17.5 Å². The van der Waals surface area contributed by atoms with Gasteiger partial charge in [0.05, 0.1) is 27.4 Å². The Kier molecular flexibility index (Phi) is 5.13. The molecule has 3 aliphatic rings. The Morgan fingerprint density at radius 3 is 2.34 bits per heavy atom. The number of allylic oxidation sites excluding steroid dienone is 2. The second-order valence-corrected chi connectivity index (χ2v) is 8.99. The van der Waals surface area contributed by atoms with Gasteiger partial charge in [-0.1, -0.05) is 12.2 Å². The summed E-state index contributed by atoms with van der Waals surface area (Å²) in [5.74, 6) is -0.0597. The van der Waals surface area contributed by atoms with Crippen LogP contribution in [0.3, 0.4) is 0 Å². The number of non-ortho nitro benzene ring substituents is 1. The summed E-state index contributed by atoms with van der Waals surface area (Å²) in [6, 6.07) is 11.5. The minimum atomic E-state index is -0.446. The summed E-state index contributed by atoms with van der Waals surface area (Å²) < 4.78 is 6.47. The monoisotopic (exact) mass is 495 g/mol. The lowest BCUT2D eigenvalue weighted by atomic mass is 9.85. The molecule has 2 amide bonds. The molecule has 1 saturated carbocycles. The molecule has 4 atom stereocenters. The normalized spacial score (nSPS) is 25.7. The topological polar surface area (TPSA) is 102 Å². The van der Waals surface area contributed by atoms with Crippen LogP contribution >= 0.6 is 15.9 Å². The summed E-state index contributed by atoms with van der Waals surface area (Å²) in [7, 11) is 0. The highest BCUT2D eigenvalue weighted by atomic mass is 79.9. The second-order valence-electron chi connectivity index (χ2n) is 8.13. The molecule has 1 aliphatic heterocycles. The fraction of sp³-hybridized carbons (Fsp3) is 0.261. The van der Waals surface area contributed by atoms with Crippen LogP contribution in [0.5, 0.6) is 5.75 Å². The van der Waals surface area contributed by atoms with Crippen molar-refractivity contribution in [2.45, 2.75) is 13.0 Å². The van der Waals surface area contributed by atoms with Crippen LogP contribution in [0, 0.1) is 33.8 Å². The first-order chi connectivity index (χ1) is 15.4. The number of imide groups is 1. The molecule has 1 heterocycles. The molecule has 9 heteroatoms. The molecular formula is C23H18BrN3O5. The summed E-state index contributed by atoms with van der Waals surface area (Å²) in [6.07, 6.45) is 6.49. The molecule has 0 spiro atoms. The number of ether oxygens (including phenoxy) is 1. The zero-order valence-corrected chi connectivity index (χ0v) is 18.3. The Morgan fingerprint density at radius 2 is 1.75 bits per heavy atom. The molecule has 0 N–H and O–H groups in total. The molecule has 2 bridgehead atoms. The predicted octanol–water partition coefficient (Wildman–Crippen LogP) is 4.08. The largest absolute Gasteiger partial charge is 0.488 e. The Bertz CT molecular complexity index is 1150. The molecule has 1 saturated heterocycles. The molecule has 2 aliphatic carbocycles. The van der Waals surface area contributed by atoms with E-state index < -0.39 is 4.92 Å². The molecule has 8 nitrogen and oxygen atoms in total. The van der Waals surface area contributed by atoms with Gasteiger partial charge in [0.1, 0.15) is 12.4 Å². The summed E-state index contributed by atoms with van der Waals surface area (Å²) >= 11 is 3.46. The van der Waals surface area contributed by atoms with Crippen LogP contribution in [0.4, 0.5) is 5.69 Å². The van der Waals surface area contributed by atoms with Crippen LogP contribution in [0.15, 0.2) is 64.2 Å². The van der Waals surface area contributed by atoms with Gasteiger partial charge in [0, 0.05) is 12.1 Å². The van der Waals surface area contributed by atoms with E-state index in [1.54, 1.807) is 30.3 Å². The van der Waals surface area contributed by atoms with E-state index in [4.69, 9.17) is 4.74 Å². The summed E-state index contributed by atoms with van der Waals surface area (Å²) in [5.41, 5.74) is 1.53. The zero-order valence-electron chi connectivity index (χ0n) is 16.8. The van der Waals surface area contributed by atoms with Gasteiger partial charge in [-0.2, -0.15) is 10.1 Å². The lowest BCUT2D eigenvalue weighted by molar-refractivity contribution is -0.384. The average molecular weight is 496 g/mol. The number of hydrogen-bond donors (Lipinski definition) is 0. The Morgan fingerprint density at radius 1 is 1.09 bits per heavy atom. The highest BCUT2D eigenvalue weighted by molar-refractivity contribution is 9.10. The van der Waals surface area contributed by atoms with Crippen molar-refractivity contribution in [3.05, 3.63) is 80.3 Å². The SMILES string of the molecule is O=C1[C@@H]2[C@H](C(=O)N1/N=C\c1ccc(OCc3ccc([N+](=O)[O-])cc3)c(Br)c1)[C@H]1C=C[C@H]2C1. The molecule has 0 aromatic heterocycles. The van der Waals surface area contributed by atoms with Gasteiger partial charge in [-0.3, -0.25) is 19.7 Å². The molecule has 0 unspecified atom stereocenters. The first-order valence-electron chi connectivity index (χ1n) is 10.2. The number of carbonyl (C=O) groups is 2. The molecule has 0 radical (unpaired) electrons. The van der Waals surface area contributed by atoms with Crippen molar-refractivity contribution >= 4 is 39.6 Å². The number of nitrogens with zero attached hydrogens (tertiary/aromatic N) is 3. The summed E-state index contributed by atoms with van der Waals surface area (Å²) in [4.78, 5) is 35.7. The smallest absolute Gasteiger partial charge is 0.269 e. The van der Waals surface area contributed by atoms with Gasteiger partial charge in [-0.15, -0.1) is 0 Å². The quantitative estimate of drug-likeness (QED) is 0.197. The molecule has 5 rings (SSSR count). The first-order valence-corrected chi connectivity index (χ1v) is 11.0. The Balaban J connectivity index is 1.24. The lowest BCUT2D eigenvalue weighted by Crippen LogP contribution is -2.28. The third-order valence-corrected chi connectivity index (χ3v) is 6.89. The molecule has 2 fully saturated rings. The van der Waals surface area contributed by atoms with Crippen molar-refractivity contribution < 1.29 is 19.2 Å². The highest BCUT2D eigenvalue weighted by Crippen LogP contribution is 2.52. The second kappa shape index (κ2) is 7.98. The maximum atomic E-state index is 12.7. The fourth-order valence-corrected chi connectivity index (χ4v) is 5.23. The molecule has 162 valence electrons. The number of hydrazone groups is 1. The number of benzene rings is 2. The van der Waals surface area contributed by atoms with Gasteiger partial charge < -0.3 is 4.74 Å². The number of halogens is 1. The molecular weight excluding hydrogens is 478 g/mol. The van der Waals surface area contributed by atoms with E-state index in [9.17, 15) is 19.7 Å². The van der Waals surface area contributed by atoms with Crippen LogP contribution in [0.25, 0.3) is 0 Å². The van der Waals surface area contributed by atoms with Crippen molar-refractivity contribution in [1.29, 1.82) is 0 Å². The van der Waals surface area contributed by atoms with Crippen molar-refractivity contribution in [2.75, 3.05) is 0 Å². The van der Waals surface area contributed by atoms with Gasteiger partial charge in [-0.05, 0) is 75.6 Å². The Hall–Kier alpha value is -3.33. The molecule has 32 heavy (non-hydrogen) atoms. The summed E-state index contributed by atoms with van der Waals surface area (Å²) in [6.45, 7) is 0.250. The minimum Gasteiger partial charge on any atom is -0.488 e. The van der Waals surface area contributed by atoms with E-state index in [1.807, 2.05) is 0 Å². The van der Waals surface area contributed by atoms with Gasteiger partial charge >= 0.3 is 0 Å². The molecule has 2 aromatic carbocycles. The van der Waals surface area contributed by atoms with Gasteiger partial charge in [-0.25, -0.2) is 0 Å². The van der Waals surface area contributed by atoms with Gasteiger partial charge in [0.25, 0.3) is 17.5 Å². The Labute approximate surface area is 191 Å². The maximum Gasteiger partial charge on any atom is 0.269 e. The lowest BCUT2D eigenvalue weighted by Gasteiger charge is -2.13. The third kappa shape index (κ3) is 3.52. The van der Waals surface area contributed by atoms with Gasteiger partial charge in [0.2, 0.25) is 0 Å². The van der Waals surface area contributed by atoms with Crippen molar-refractivity contribution in [3.63, 3.8) is 0 Å². The minimum absolute atomic E-state index is 0.0288. The van der Waals surface area contributed by atoms with Crippen molar-refractivity contribution in [2.24, 2.45) is 28.8 Å². The number of fused-ring (bicyclic) bond motifs is 5.